The summed E-state index contributed by atoms with van der Waals surface area (Å²) in [6.07, 6.45) is 2.13. The molecule has 0 aliphatic heterocycles. The van der Waals surface area contributed by atoms with E-state index < -0.39 is 16.9 Å². The standard InChI is InChI=1S/C12H15ClN2O4/c1-2-3-4-11(12(16)17)14-10-6-5-8(15(18)19)7-9(10)13/h5-7,11,14H,2-4H2,1H3,(H,16,17). The number of hydrogen-bond acceptors (Lipinski definition) is 4. The summed E-state index contributed by atoms with van der Waals surface area (Å²) in [5.74, 6) is -0.970. The zero-order chi connectivity index (χ0) is 14.4. The summed E-state index contributed by atoms with van der Waals surface area (Å²) in [6, 6.07) is 3.15. The molecule has 0 aliphatic rings. The number of nitrogens with one attached hydrogen (secondary N) is 1. The summed E-state index contributed by atoms with van der Waals surface area (Å²) in [4.78, 5) is 21.1. The van der Waals surface area contributed by atoms with E-state index in [0.717, 1.165) is 12.8 Å². The number of anilines is 1. The summed E-state index contributed by atoms with van der Waals surface area (Å²) >= 11 is 5.90. The molecule has 6 nitrogen and oxygen atoms in total. The summed E-state index contributed by atoms with van der Waals surface area (Å²) in [5, 5.41) is 22.6. The van der Waals surface area contributed by atoms with Crippen LogP contribution in [0.15, 0.2) is 18.2 Å². The minimum atomic E-state index is -0.970. The minimum absolute atomic E-state index is 0.129. The van der Waals surface area contributed by atoms with Gasteiger partial charge in [-0.1, -0.05) is 31.4 Å². The molecule has 1 rings (SSSR count). The Labute approximate surface area is 115 Å². The van der Waals surface area contributed by atoms with Crippen LogP contribution in [0.4, 0.5) is 11.4 Å². The Morgan fingerprint density at radius 1 is 1.58 bits per heavy atom. The predicted molar refractivity (Wildman–Crippen MR) is 72.7 cm³/mol. The Kier molecular flexibility index (Phi) is 5.57. The molecule has 0 fully saturated rings. The lowest BCUT2D eigenvalue weighted by Crippen LogP contribution is -2.29. The van der Waals surface area contributed by atoms with Gasteiger partial charge >= 0.3 is 5.97 Å². The molecule has 7 heteroatoms. The number of rotatable bonds is 7. The van der Waals surface area contributed by atoms with E-state index in [1.807, 2.05) is 6.92 Å². The maximum atomic E-state index is 11.1. The molecule has 1 aromatic rings. The molecule has 2 N–H and O–H groups in total. The predicted octanol–water partition coefficient (Wildman–Crippen LogP) is 3.30. The first-order valence-electron chi connectivity index (χ1n) is 5.89. The van der Waals surface area contributed by atoms with E-state index in [9.17, 15) is 14.9 Å². The third-order valence-corrected chi connectivity index (χ3v) is 2.95. The molecule has 0 spiro atoms. The average Bonchev–Trinajstić information content (AvgIpc) is 2.35. The van der Waals surface area contributed by atoms with Crippen LogP contribution >= 0.6 is 11.6 Å². The van der Waals surface area contributed by atoms with Crippen molar-refractivity contribution in [2.24, 2.45) is 0 Å². The number of nitro benzene ring substituents is 1. The summed E-state index contributed by atoms with van der Waals surface area (Å²) in [6.45, 7) is 1.97. The molecule has 0 aliphatic carbocycles. The van der Waals surface area contributed by atoms with E-state index in [1.165, 1.54) is 18.2 Å². The molecule has 0 bridgehead atoms. The normalized spacial score (nSPS) is 11.9. The Morgan fingerprint density at radius 3 is 2.74 bits per heavy atom. The molecule has 0 saturated heterocycles. The molecule has 104 valence electrons. The van der Waals surface area contributed by atoms with Crippen LogP contribution in [0.3, 0.4) is 0 Å². The van der Waals surface area contributed by atoms with Crippen LogP contribution in [0.5, 0.6) is 0 Å². The maximum absolute atomic E-state index is 11.1. The first-order valence-corrected chi connectivity index (χ1v) is 6.26. The lowest BCUT2D eigenvalue weighted by molar-refractivity contribution is -0.384. The van der Waals surface area contributed by atoms with Gasteiger partial charge < -0.3 is 10.4 Å². The van der Waals surface area contributed by atoms with Gasteiger partial charge in [0.05, 0.1) is 15.6 Å². The van der Waals surface area contributed by atoms with Crippen LogP contribution in [0.25, 0.3) is 0 Å². The van der Waals surface area contributed by atoms with Crippen molar-refractivity contribution < 1.29 is 14.8 Å². The number of non-ortho nitro benzene ring substituents is 1. The van der Waals surface area contributed by atoms with Crippen LogP contribution in [0.2, 0.25) is 5.02 Å². The number of halogens is 1. The second-order valence-corrected chi connectivity index (χ2v) is 4.51. The molecule has 1 unspecified atom stereocenters. The van der Waals surface area contributed by atoms with Gasteiger partial charge in [-0.3, -0.25) is 10.1 Å². The lowest BCUT2D eigenvalue weighted by Gasteiger charge is -2.16. The summed E-state index contributed by atoms with van der Waals surface area (Å²) in [5.41, 5.74) is 0.256. The highest BCUT2D eigenvalue weighted by molar-refractivity contribution is 6.33. The molecular weight excluding hydrogens is 272 g/mol. The van der Waals surface area contributed by atoms with Gasteiger partial charge in [0.25, 0.3) is 5.69 Å². The Morgan fingerprint density at radius 2 is 2.26 bits per heavy atom. The fourth-order valence-corrected chi connectivity index (χ4v) is 1.82. The number of carbonyl (C=O) groups is 1. The van der Waals surface area contributed by atoms with E-state index in [-0.39, 0.29) is 10.7 Å². The lowest BCUT2D eigenvalue weighted by atomic mass is 10.1. The third-order valence-electron chi connectivity index (χ3n) is 2.64. The van der Waals surface area contributed by atoms with Crippen molar-refractivity contribution in [1.29, 1.82) is 0 Å². The van der Waals surface area contributed by atoms with Crippen molar-refractivity contribution in [3.8, 4) is 0 Å². The van der Waals surface area contributed by atoms with Crippen molar-refractivity contribution >= 4 is 28.9 Å². The number of hydrogen-bond donors (Lipinski definition) is 2. The van der Waals surface area contributed by atoms with E-state index in [2.05, 4.69) is 5.32 Å². The highest BCUT2D eigenvalue weighted by Crippen LogP contribution is 2.27. The van der Waals surface area contributed by atoms with E-state index in [0.29, 0.717) is 12.1 Å². The molecule has 0 radical (unpaired) electrons. The monoisotopic (exact) mass is 286 g/mol. The van der Waals surface area contributed by atoms with Crippen molar-refractivity contribution in [3.05, 3.63) is 33.3 Å². The summed E-state index contributed by atoms with van der Waals surface area (Å²) in [7, 11) is 0. The Hall–Kier alpha value is -1.82. The molecule has 0 aromatic heterocycles. The van der Waals surface area contributed by atoms with Gasteiger partial charge in [0, 0.05) is 12.1 Å². The zero-order valence-electron chi connectivity index (χ0n) is 10.4. The highest BCUT2D eigenvalue weighted by Gasteiger charge is 2.18. The maximum Gasteiger partial charge on any atom is 0.326 e. The average molecular weight is 287 g/mol. The van der Waals surface area contributed by atoms with Crippen molar-refractivity contribution in [1.82, 2.24) is 0 Å². The second-order valence-electron chi connectivity index (χ2n) is 4.10. The number of carboxylic acid groups (broad SMARTS) is 1. The van der Waals surface area contributed by atoms with Gasteiger partial charge in [-0.05, 0) is 12.5 Å². The van der Waals surface area contributed by atoms with Crippen molar-refractivity contribution in [3.63, 3.8) is 0 Å². The van der Waals surface area contributed by atoms with Crippen LogP contribution < -0.4 is 5.32 Å². The molecule has 0 heterocycles. The zero-order valence-corrected chi connectivity index (χ0v) is 11.2. The Bertz CT molecular complexity index is 479. The van der Waals surface area contributed by atoms with Gasteiger partial charge in [0.1, 0.15) is 6.04 Å². The third kappa shape index (κ3) is 4.40. The molecule has 0 amide bonds. The van der Waals surface area contributed by atoms with Gasteiger partial charge in [-0.2, -0.15) is 0 Å². The SMILES string of the molecule is CCCCC(Nc1ccc([N+](=O)[O-])cc1Cl)C(=O)O. The van der Waals surface area contributed by atoms with E-state index >= 15 is 0 Å². The number of aliphatic carboxylic acids is 1. The second kappa shape index (κ2) is 6.94. The smallest absolute Gasteiger partial charge is 0.326 e. The van der Waals surface area contributed by atoms with Crippen molar-refractivity contribution in [2.45, 2.75) is 32.2 Å². The molecule has 1 atom stereocenters. The molecule has 0 saturated carbocycles. The van der Waals surface area contributed by atoms with Gasteiger partial charge in [-0.25, -0.2) is 4.79 Å². The summed E-state index contributed by atoms with van der Waals surface area (Å²) < 4.78 is 0. The van der Waals surface area contributed by atoms with Gasteiger partial charge in [0.2, 0.25) is 0 Å². The van der Waals surface area contributed by atoms with E-state index in [4.69, 9.17) is 16.7 Å². The number of carboxylic acids is 1. The quantitative estimate of drug-likeness (QED) is 0.592. The number of unbranched alkanes of at least 4 members (excludes halogenated alkanes) is 1. The largest absolute Gasteiger partial charge is 0.480 e. The highest BCUT2D eigenvalue weighted by atomic mass is 35.5. The first kappa shape index (κ1) is 15.2. The van der Waals surface area contributed by atoms with Crippen LogP contribution in [0, 0.1) is 10.1 Å². The fraction of sp³-hybridized carbons (Fsp3) is 0.417. The van der Waals surface area contributed by atoms with Gasteiger partial charge in [-0.15, -0.1) is 0 Å². The number of nitrogens with zero attached hydrogens (tertiary/aromatic N) is 1. The van der Waals surface area contributed by atoms with Crippen LogP contribution in [-0.2, 0) is 4.79 Å². The molecular formula is C12H15ClN2O4. The van der Waals surface area contributed by atoms with Crippen LogP contribution in [-0.4, -0.2) is 22.0 Å². The van der Waals surface area contributed by atoms with Crippen molar-refractivity contribution in [2.75, 3.05) is 5.32 Å². The first-order chi connectivity index (χ1) is 8.95. The topological polar surface area (TPSA) is 92.5 Å². The number of benzene rings is 1. The molecule has 1 aromatic carbocycles. The molecule has 19 heavy (non-hydrogen) atoms. The minimum Gasteiger partial charge on any atom is -0.480 e. The fourth-order valence-electron chi connectivity index (χ4n) is 1.59. The Balaban J connectivity index is 2.84. The van der Waals surface area contributed by atoms with E-state index in [1.54, 1.807) is 0 Å². The number of nitro groups is 1. The van der Waals surface area contributed by atoms with Gasteiger partial charge in [0.15, 0.2) is 0 Å². The van der Waals surface area contributed by atoms with Crippen LogP contribution in [0.1, 0.15) is 26.2 Å².